The van der Waals surface area contributed by atoms with Crippen LogP contribution in [0.2, 0.25) is 0 Å². The fraction of sp³-hybridized carbons (Fsp3) is 0.556. The Kier molecular flexibility index (Phi) is 5.11. The van der Waals surface area contributed by atoms with Crippen molar-refractivity contribution < 1.29 is 13.2 Å². The molecule has 25 heavy (non-hydrogen) atoms. The van der Waals surface area contributed by atoms with Crippen LogP contribution in [-0.4, -0.2) is 49.2 Å². The summed E-state index contributed by atoms with van der Waals surface area (Å²) in [5.74, 6) is 0.502. The van der Waals surface area contributed by atoms with Crippen LogP contribution in [0.1, 0.15) is 38.2 Å². The van der Waals surface area contributed by atoms with Crippen LogP contribution in [0.25, 0.3) is 0 Å². The van der Waals surface area contributed by atoms with E-state index in [4.69, 9.17) is 5.26 Å². The fourth-order valence-corrected chi connectivity index (χ4v) is 4.74. The minimum Gasteiger partial charge on any atom is -0.342 e. The number of benzene rings is 1. The average molecular weight is 361 g/mol. The zero-order valence-electron chi connectivity index (χ0n) is 14.4. The Hall–Kier alpha value is -1.91. The highest BCUT2D eigenvalue weighted by Gasteiger charge is 2.40. The number of nitrogens with zero attached hydrogens (tertiary/aromatic N) is 3. The zero-order valence-corrected chi connectivity index (χ0v) is 15.2. The minimum atomic E-state index is -3.73. The second-order valence-corrected chi connectivity index (χ2v) is 8.87. The van der Waals surface area contributed by atoms with Crippen LogP contribution in [0.15, 0.2) is 29.2 Å². The van der Waals surface area contributed by atoms with Crippen molar-refractivity contribution in [3.63, 3.8) is 0 Å². The van der Waals surface area contributed by atoms with E-state index in [1.807, 2.05) is 6.07 Å². The second-order valence-electron chi connectivity index (χ2n) is 6.98. The number of sulfonamides is 1. The van der Waals surface area contributed by atoms with E-state index in [-0.39, 0.29) is 23.4 Å². The van der Waals surface area contributed by atoms with Gasteiger partial charge in [0.2, 0.25) is 15.9 Å². The van der Waals surface area contributed by atoms with E-state index >= 15 is 0 Å². The molecule has 1 amide bonds. The Labute approximate surface area is 149 Å². The highest BCUT2D eigenvalue weighted by Crippen LogP contribution is 2.32. The molecule has 134 valence electrons. The lowest BCUT2D eigenvalue weighted by molar-refractivity contribution is -0.132. The third-order valence-corrected chi connectivity index (χ3v) is 6.88. The van der Waals surface area contributed by atoms with E-state index in [1.165, 1.54) is 28.6 Å². The molecule has 0 unspecified atom stereocenters. The molecule has 0 atom stereocenters. The van der Waals surface area contributed by atoms with E-state index in [2.05, 4.69) is 6.92 Å². The van der Waals surface area contributed by atoms with Crippen LogP contribution in [0.5, 0.6) is 0 Å². The van der Waals surface area contributed by atoms with Gasteiger partial charge in [-0.05, 0) is 55.9 Å². The van der Waals surface area contributed by atoms with E-state index in [0.717, 1.165) is 25.7 Å². The predicted molar refractivity (Wildman–Crippen MR) is 93.0 cm³/mol. The molecular formula is C18H23N3O3S. The number of carbonyl (C=O) groups is 1. The molecule has 1 aromatic rings. The van der Waals surface area contributed by atoms with Crippen molar-refractivity contribution in [3.8, 4) is 6.07 Å². The lowest BCUT2D eigenvalue weighted by atomic mass is 9.99. The van der Waals surface area contributed by atoms with Gasteiger partial charge >= 0.3 is 0 Å². The molecule has 0 spiro atoms. The smallest absolute Gasteiger partial charge is 0.243 e. The molecule has 1 aliphatic heterocycles. The number of likely N-dealkylation sites (tertiary alicyclic amines) is 1. The van der Waals surface area contributed by atoms with Crippen molar-refractivity contribution in [3.05, 3.63) is 29.8 Å². The molecule has 1 aliphatic carbocycles. The van der Waals surface area contributed by atoms with Gasteiger partial charge in [-0.1, -0.05) is 6.92 Å². The van der Waals surface area contributed by atoms with Gasteiger partial charge in [0.15, 0.2) is 0 Å². The standard InChI is InChI=1S/C18H23N3O3S/c1-14-8-10-20(11-9-14)18(22)13-21(16-4-5-16)25(23,24)17-6-2-15(12-19)3-7-17/h2-3,6-7,14,16H,4-5,8-11,13H2,1H3. The van der Waals surface area contributed by atoms with Crippen LogP contribution in [0.3, 0.4) is 0 Å². The van der Waals surface area contributed by atoms with Crippen molar-refractivity contribution in [2.24, 2.45) is 5.92 Å². The van der Waals surface area contributed by atoms with Crippen LogP contribution in [-0.2, 0) is 14.8 Å². The Morgan fingerprint density at radius 3 is 2.32 bits per heavy atom. The van der Waals surface area contributed by atoms with Crippen LogP contribution in [0, 0.1) is 17.2 Å². The maximum Gasteiger partial charge on any atom is 0.243 e. The molecule has 2 fully saturated rings. The first kappa shape index (κ1) is 17.9. The molecule has 1 heterocycles. The van der Waals surface area contributed by atoms with Crippen LogP contribution in [0.4, 0.5) is 0 Å². The third-order valence-electron chi connectivity index (χ3n) is 4.97. The number of piperidine rings is 1. The summed E-state index contributed by atoms with van der Waals surface area (Å²) in [6, 6.07) is 7.76. The van der Waals surface area contributed by atoms with Gasteiger partial charge in [0.25, 0.3) is 0 Å². The van der Waals surface area contributed by atoms with E-state index in [9.17, 15) is 13.2 Å². The Morgan fingerprint density at radius 2 is 1.80 bits per heavy atom. The third kappa shape index (κ3) is 4.02. The first-order chi connectivity index (χ1) is 11.9. The summed E-state index contributed by atoms with van der Waals surface area (Å²) in [7, 11) is -3.73. The molecule has 3 rings (SSSR count). The zero-order chi connectivity index (χ0) is 18.0. The van der Waals surface area contributed by atoms with Gasteiger partial charge in [-0.25, -0.2) is 8.42 Å². The largest absolute Gasteiger partial charge is 0.342 e. The minimum absolute atomic E-state index is 0.0895. The van der Waals surface area contributed by atoms with Gasteiger partial charge in [0, 0.05) is 19.1 Å². The van der Waals surface area contributed by atoms with Gasteiger partial charge < -0.3 is 4.90 Å². The first-order valence-corrected chi connectivity index (χ1v) is 10.2. The van der Waals surface area contributed by atoms with E-state index in [0.29, 0.717) is 24.6 Å². The SMILES string of the molecule is CC1CCN(C(=O)CN(C2CC2)S(=O)(=O)c2ccc(C#N)cc2)CC1. The first-order valence-electron chi connectivity index (χ1n) is 8.71. The maximum absolute atomic E-state index is 13.0. The molecule has 0 N–H and O–H groups in total. The number of hydrogen-bond donors (Lipinski definition) is 0. The lowest BCUT2D eigenvalue weighted by Crippen LogP contribution is -2.46. The molecule has 7 heteroatoms. The van der Waals surface area contributed by atoms with Gasteiger partial charge in [-0.15, -0.1) is 0 Å². The lowest BCUT2D eigenvalue weighted by Gasteiger charge is -2.32. The van der Waals surface area contributed by atoms with Crippen molar-refractivity contribution >= 4 is 15.9 Å². The van der Waals surface area contributed by atoms with Gasteiger partial charge in [-0.2, -0.15) is 9.57 Å². The predicted octanol–water partition coefficient (Wildman–Crippen LogP) is 1.97. The summed E-state index contributed by atoms with van der Waals surface area (Å²) >= 11 is 0. The summed E-state index contributed by atoms with van der Waals surface area (Å²) in [5.41, 5.74) is 0.412. The Balaban J connectivity index is 1.76. The highest BCUT2D eigenvalue weighted by molar-refractivity contribution is 7.89. The number of hydrogen-bond acceptors (Lipinski definition) is 4. The van der Waals surface area contributed by atoms with Crippen LogP contribution < -0.4 is 0 Å². The van der Waals surface area contributed by atoms with Crippen LogP contribution >= 0.6 is 0 Å². The summed E-state index contributed by atoms with van der Waals surface area (Å²) in [4.78, 5) is 14.5. The molecule has 1 aromatic carbocycles. The number of rotatable bonds is 5. The van der Waals surface area contributed by atoms with E-state index in [1.54, 1.807) is 4.90 Å². The van der Waals surface area contributed by atoms with Crippen molar-refractivity contribution in [2.75, 3.05) is 19.6 Å². The Morgan fingerprint density at radius 1 is 1.20 bits per heavy atom. The second kappa shape index (κ2) is 7.14. The maximum atomic E-state index is 13.0. The van der Waals surface area contributed by atoms with Crippen molar-refractivity contribution in [2.45, 2.75) is 43.5 Å². The molecular weight excluding hydrogens is 338 g/mol. The summed E-state index contributed by atoms with van der Waals surface area (Å²) in [6.07, 6.45) is 3.52. The normalized spacial score (nSPS) is 19.0. The van der Waals surface area contributed by atoms with Gasteiger partial charge in [0.1, 0.15) is 0 Å². The fourth-order valence-electron chi connectivity index (χ4n) is 3.10. The monoisotopic (exact) mass is 361 g/mol. The molecule has 1 saturated heterocycles. The quantitative estimate of drug-likeness (QED) is 0.803. The summed E-state index contributed by atoms with van der Waals surface area (Å²) in [5, 5.41) is 8.86. The number of carbonyl (C=O) groups excluding carboxylic acids is 1. The molecule has 1 saturated carbocycles. The topological polar surface area (TPSA) is 81.5 Å². The molecule has 0 aromatic heterocycles. The van der Waals surface area contributed by atoms with Gasteiger partial charge in [-0.3, -0.25) is 4.79 Å². The molecule has 0 radical (unpaired) electrons. The van der Waals surface area contributed by atoms with E-state index < -0.39 is 10.0 Å². The van der Waals surface area contributed by atoms with Crippen molar-refractivity contribution in [1.29, 1.82) is 5.26 Å². The molecule has 0 bridgehead atoms. The molecule has 6 nitrogen and oxygen atoms in total. The number of amides is 1. The number of nitriles is 1. The molecule has 2 aliphatic rings. The Bertz CT molecular complexity index is 771. The average Bonchev–Trinajstić information content (AvgIpc) is 3.44. The van der Waals surface area contributed by atoms with Gasteiger partial charge in [0.05, 0.1) is 23.1 Å². The van der Waals surface area contributed by atoms with Crippen molar-refractivity contribution in [1.82, 2.24) is 9.21 Å². The highest BCUT2D eigenvalue weighted by atomic mass is 32.2. The summed E-state index contributed by atoms with van der Waals surface area (Å²) in [6.45, 7) is 3.49. The summed E-state index contributed by atoms with van der Waals surface area (Å²) < 4.78 is 27.3.